The molecule has 0 radical (unpaired) electrons. The van der Waals surface area contributed by atoms with E-state index < -0.39 is 0 Å². The van der Waals surface area contributed by atoms with Crippen LogP contribution >= 0.6 is 11.8 Å². The maximum Gasteiger partial charge on any atom is 0.254 e. The third-order valence-corrected chi connectivity index (χ3v) is 4.47. The Morgan fingerprint density at radius 3 is 2.30 bits per heavy atom. The quantitative estimate of drug-likeness (QED) is 0.807. The molecule has 0 saturated carbocycles. The number of carbonyl (C=O) groups excluding carboxylic acids is 1. The summed E-state index contributed by atoms with van der Waals surface area (Å²) >= 11 is 1.47. The SMILES string of the molecule is CN(C)CCN(C)C(=O)c1ccccc1Sc1ccc(F)cc1. The third kappa shape index (κ3) is 5.08. The second kappa shape index (κ2) is 8.13. The molecule has 0 fully saturated rings. The first kappa shape index (κ1) is 17.5. The number of likely N-dealkylation sites (N-methyl/N-ethyl adjacent to an activating group) is 2. The van der Waals surface area contributed by atoms with Gasteiger partial charge < -0.3 is 9.80 Å². The molecule has 23 heavy (non-hydrogen) atoms. The molecular weight excluding hydrogens is 311 g/mol. The van der Waals surface area contributed by atoms with Crippen molar-refractivity contribution in [3.8, 4) is 0 Å². The normalized spacial score (nSPS) is 10.8. The van der Waals surface area contributed by atoms with Gasteiger partial charge in [0.1, 0.15) is 5.82 Å². The first-order valence-corrected chi connectivity index (χ1v) is 8.21. The van der Waals surface area contributed by atoms with E-state index in [0.29, 0.717) is 12.1 Å². The van der Waals surface area contributed by atoms with Crippen molar-refractivity contribution in [1.82, 2.24) is 9.80 Å². The Bertz CT molecular complexity index is 658. The average molecular weight is 332 g/mol. The molecule has 0 aliphatic heterocycles. The fourth-order valence-electron chi connectivity index (χ4n) is 2.02. The minimum atomic E-state index is -0.262. The Hall–Kier alpha value is -1.85. The van der Waals surface area contributed by atoms with Gasteiger partial charge in [0, 0.05) is 29.9 Å². The van der Waals surface area contributed by atoms with Gasteiger partial charge in [-0.1, -0.05) is 23.9 Å². The van der Waals surface area contributed by atoms with E-state index in [1.165, 1.54) is 23.9 Å². The Kier molecular flexibility index (Phi) is 6.19. The monoisotopic (exact) mass is 332 g/mol. The van der Waals surface area contributed by atoms with Crippen LogP contribution in [0.5, 0.6) is 0 Å². The number of rotatable bonds is 6. The number of benzene rings is 2. The summed E-state index contributed by atoms with van der Waals surface area (Å²) in [7, 11) is 5.78. The molecule has 0 heterocycles. The second-order valence-corrected chi connectivity index (χ2v) is 6.70. The molecular formula is C18H21FN2OS. The zero-order valence-electron chi connectivity index (χ0n) is 13.6. The summed E-state index contributed by atoms with van der Waals surface area (Å²) in [5, 5.41) is 0. The van der Waals surface area contributed by atoms with E-state index in [2.05, 4.69) is 0 Å². The molecule has 0 bridgehead atoms. The summed E-state index contributed by atoms with van der Waals surface area (Å²) in [4.78, 5) is 18.2. The Morgan fingerprint density at radius 2 is 1.65 bits per heavy atom. The van der Waals surface area contributed by atoms with Gasteiger partial charge in [0.05, 0.1) is 5.56 Å². The molecule has 0 aliphatic rings. The van der Waals surface area contributed by atoms with Gasteiger partial charge in [0.15, 0.2) is 0 Å². The molecule has 0 saturated heterocycles. The zero-order chi connectivity index (χ0) is 16.8. The number of hydrogen-bond donors (Lipinski definition) is 0. The van der Waals surface area contributed by atoms with E-state index in [-0.39, 0.29) is 11.7 Å². The molecule has 2 rings (SSSR count). The van der Waals surface area contributed by atoms with Crippen LogP contribution in [0, 0.1) is 5.82 Å². The molecule has 0 aromatic heterocycles. The van der Waals surface area contributed by atoms with Crippen LogP contribution in [-0.4, -0.2) is 49.9 Å². The van der Waals surface area contributed by atoms with Gasteiger partial charge in [-0.05, 0) is 50.5 Å². The highest BCUT2D eigenvalue weighted by atomic mass is 32.2. The van der Waals surface area contributed by atoms with Crippen molar-refractivity contribution in [2.45, 2.75) is 9.79 Å². The summed E-state index contributed by atoms with van der Waals surface area (Å²) in [5.74, 6) is -0.265. The lowest BCUT2D eigenvalue weighted by Gasteiger charge is -2.21. The molecule has 0 spiro atoms. The van der Waals surface area contributed by atoms with E-state index in [4.69, 9.17) is 0 Å². The summed E-state index contributed by atoms with van der Waals surface area (Å²) in [6.45, 7) is 1.48. The van der Waals surface area contributed by atoms with Crippen LogP contribution in [0.1, 0.15) is 10.4 Å². The van der Waals surface area contributed by atoms with E-state index in [9.17, 15) is 9.18 Å². The smallest absolute Gasteiger partial charge is 0.254 e. The summed E-state index contributed by atoms with van der Waals surface area (Å²) in [6, 6.07) is 13.8. The van der Waals surface area contributed by atoms with Crippen LogP contribution in [0.25, 0.3) is 0 Å². The molecule has 122 valence electrons. The van der Waals surface area contributed by atoms with E-state index in [1.54, 1.807) is 17.0 Å². The van der Waals surface area contributed by atoms with Gasteiger partial charge in [0.2, 0.25) is 0 Å². The Labute approximate surface area is 141 Å². The molecule has 0 atom stereocenters. The standard InChI is InChI=1S/C18H21FN2OS/c1-20(2)12-13-21(3)18(22)16-6-4-5-7-17(16)23-15-10-8-14(19)9-11-15/h4-11H,12-13H2,1-3H3. The zero-order valence-corrected chi connectivity index (χ0v) is 14.4. The summed E-state index contributed by atoms with van der Waals surface area (Å²) in [5.41, 5.74) is 0.670. The maximum absolute atomic E-state index is 13.0. The molecule has 3 nitrogen and oxygen atoms in total. The summed E-state index contributed by atoms with van der Waals surface area (Å²) in [6.07, 6.45) is 0. The van der Waals surface area contributed by atoms with E-state index in [0.717, 1.165) is 16.3 Å². The van der Waals surface area contributed by atoms with E-state index in [1.807, 2.05) is 50.3 Å². The molecule has 1 amide bonds. The minimum Gasteiger partial charge on any atom is -0.340 e. The highest BCUT2D eigenvalue weighted by molar-refractivity contribution is 7.99. The third-order valence-electron chi connectivity index (χ3n) is 3.39. The number of carbonyl (C=O) groups is 1. The van der Waals surface area contributed by atoms with Gasteiger partial charge in [-0.2, -0.15) is 0 Å². The van der Waals surface area contributed by atoms with Crippen LogP contribution < -0.4 is 0 Å². The Balaban J connectivity index is 2.16. The highest BCUT2D eigenvalue weighted by Crippen LogP contribution is 2.31. The molecule has 0 unspecified atom stereocenters. The summed E-state index contributed by atoms with van der Waals surface area (Å²) < 4.78 is 13.0. The van der Waals surface area contributed by atoms with Crippen molar-refractivity contribution >= 4 is 17.7 Å². The molecule has 0 aliphatic carbocycles. The van der Waals surface area contributed by atoms with Crippen LogP contribution in [0.4, 0.5) is 4.39 Å². The lowest BCUT2D eigenvalue weighted by molar-refractivity contribution is 0.0783. The van der Waals surface area contributed by atoms with Gasteiger partial charge in [0.25, 0.3) is 5.91 Å². The molecule has 0 N–H and O–H groups in total. The van der Waals surface area contributed by atoms with Gasteiger partial charge in [-0.3, -0.25) is 4.79 Å². The van der Waals surface area contributed by atoms with Crippen molar-refractivity contribution in [2.24, 2.45) is 0 Å². The van der Waals surface area contributed by atoms with Crippen LogP contribution in [0.3, 0.4) is 0 Å². The predicted molar refractivity (Wildman–Crippen MR) is 92.5 cm³/mol. The number of halogens is 1. The van der Waals surface area contributed by atoms with Crippen molar-refractivity contribution < 1.29 is 9.18 Å². The van der Waals surface area contributed by atoms with Crippen LogP contribution in [-0.2, 0) is 0 Å². The number of nitrogens with zero attached hydrogens (tertiary/aromatic N) is 2. The van der Waals surface area contributed by atoms with Crippen molar-refractivity contribution in [1.29, 1.82) is 0 Å². The number of hydrogen-bond acceptors (Lipinski definition) is 3. The van der Waals surface area contributed by atoms with Gasteiger partial charge in [-0.25, -0.2) is 4.39 Å². The molecule has 5 heteroatoms. The number of amides is 1. The van der Waals surface area contributed by atoms with Crippen molar-refractivity contribution in [3.05, 3.63) is 59.9 Å². The topological polar surface area (TPSA) is 23.6 Å². The molecule has 2 aromatic carbocycles. The maximum atomic E-state index is 13.0. The van der Waals surface area contributed by atoms with Crippen LogP contribution in [0.2, 0.25) is 0 Å². The first-order chi connectivity index (χ1) is 11.0. The largest absolute Gasteiger partial charge is 0.340 e. The Morgan fingerprint density at radius 1 is 1.00 bits per heavy atom. The van der Waals surface area contributed by atoms with Crippen LogP contribution in [0.15, 0.2) is 58.3 Å². The fraction of sp³-hybridized carbons (Fsp3) is 0.278. The average Bonchev–Trinajstić information content (AvgIpc) is 2.54. The van der Waals surface area contributed by atoms with Gasteiger partial charge >= 0.3 is 0 Å². The minimum absolute atomic E-state index is 0.00272. The van der Waals surface area contributed by atoms with Crippen molar-refractivity contribution in [2.75, 3.05) is 34.2 Å². The first-order valence-electron chi connectivity index (χ1n) is 7.40. The fourth-order valence-corrected chi connectivity index (χ4v) is 2.96. The highest BCUT2D eigenvalue weighted by Gasteiger charge is 2.16. The molecule has 2 aromatic rings. The predicted octanol–water partition coefficient (Wildman–Crippen LogP) is 3.61. The van der Waals surface area contributed by atoms with Gasteiger partial charge in [-0.15, -0.1) is 0 Å². The lowest BCUT2D eigenvalue weighted by Crippen LogP contribution is -2.33. The van der Waals surface area contributed by atoms with Crippen molar-refractivity contribution in [3.63, 3.8) is 0 Å². The second-order valence-electron chi connectivity index (χ2n) is 5.58. The van der Waals surface area contributed by atoms with E-state index >= 15 is 0 Å². The lowest BCUT2D eigenvalue weighted by atomic mass is 10.2.